The maximum atomic E-state index is 13.7. The summed E-state index contributed by atoms with van der Waals surface area (Å²) in [6.07, 6.45) is 2.05. The quantitative estimate of drug-likeness (QED) is 0.869. The Kier molecular flexibility index (Phi) is 4.12. The minimum Gasteiger partial charge on any atom is -0.392 e. The molecule has 2 rings (SSSR count). The molecule has 0 radical (unpaired) electrons. The second kappa shape index (κ2) is 5.42. The second-order valence-electron chi connectivity index (χ2n) is 4.27. The molecule has 17 heavy (non-hydrogen) atoms. The van der Waals surface area contributed by atoms with Crippen LogP contribution in [0.2, 0.25) is 0 Å². The molecule has 1 heterocycles. The molecule has 1 unspecified atom stereocenters. The van der Waals surface area contributed by atoms with Gasteiger partial charge >= 0.3 is 0 Å². The van der Waals surface area contributed by atoms with E-state index in [0.29, 0.717) is 17.1 Å². The first-order valence-corrected chi connectivity index (χ1v) is 6.75. The van der Waals surface area contributed by atoms with Crippen LogP contribution in [-0.2, 0) is 6.54 Å². The molecule has 1 saturated heterocycles. The highest BCUT2D eigenvalue weighted by Crippen LogP contribution is 2.23. The fourth-order valence-corrected chi connectivity index (χ4v) is 2.81. The highest BCUT2D eigenvalue weighted by Gasteiger charge is 2.27. The van der Waals surface area contributed by atoms with Gasteiger partial charge in [-0.2, -0.15) is 0 Å². The minimum atomic E-state index is -0.187. The van der Waals surface area contributed by atoms with Gasteiger partial charge < -0.3 is 5.73 Å². The van der Waals surface area contributed by atoms with E-state index in [2.05, 4.69) is 20.8 Å². The zero-order valence-corrected chi connectivity index (χ0v) is 11.7. The number of rotatable bonds is 3. The number of hydrogen-bond acceptors (Lipinski definition) is 2. The van der Waals surface area contributed by atoms with Crippen LogP contribution < -0.4 is 5.73 Å². The summed E-state index contributed by atoms with van der Waals surface area (Å²) in [6.45, 7) is 1.50. The Labute approximate surface area is 114 Å². The average Bonchev–Trinajstić information content (AvgIpc) is 2.70. The molecule has 1 aliphatic rings. The molecule has 1 fully saturated rings. The summed E-state index contributed by atoms with van der Waals surface area (Å²) in [6, 6.07) is 5.26. The fraction of sp³-hybridized carbons (Fsp3) is 0.417. The van der Waals surface area contributed by atoms with Crippen molar-refractivity contribution in [3.05, 3.63) is 34.1 Å². The van der Waals surface area contributed by atoms with Crippen LogP contribution in [0.15, 0.2) is 22.7 Å². The van der Waals surface area contributed by atoms with Gasteiger partial charge in [-0.05, 0) is 31.5 Å². The zero-order valence-electron chi connectivity index (χ0n) is 9.33. The summed E-state index contributed by atoms with van der Waals surface area (Å²) in [5, 5.41) is 0. The lowest BCUT2D eigenvalue weighted by atomic mass is 10.1. The maximum Gasteiger partial charge on any atom is 0.128 e. The van der Waals surface area contributed by atoms with Gasteiger partial charge in [0.1, 0.15) is 5.82 Å². The highest BCUT2D eigenvalue weighted by atomic mass is 79.9. The van der Waals surface area contributed by atoms with Crippen LogP contribution in [0.5, 0.6) is 0 Å². The smallest absolute Gasteiger partial charge is 0.128 e. The topological polar surface area (TPSA) is 29.3 Å². The van der Waals surface area contributed by atoms with Gasteiger partial charge in [-0.3, -0.25) is 4.90 Å². The van der Waals surface area contributed by atoms with Crippen molar-refractivity contribution in [3.63, 3.8) is 0 Å². The van der Waals surface area contributed by atoms with Gasteiger partial charge in [0.25, 0.3) is 0 Å². The van der Waals surface area contributed by atoms with E-state index in [9.17, 15) is 4.39 Å². The van der Waals surface area contributed by atoms with Crippen LogP contribution in [0.3, 0.4) is 0 Å². The third-order valence-electron chi connectivity index (χ3n) is 3.08. The van der Waals surface area contributed by atoms with Crippen molar-refractivity contribution < 1.29 is 4.39 Å². The van der Waals surface area contributed by atoms with Crippen molar-refractivity contribution in [2.75, 3.05) is 6.54 Å². The molecule has 0 aromatic heterocycles. The Morgan fingerprint density at radius 3 is 3.00 bits per heavy atom. The van der Waals surface area contributed by atoms with Gasteiger partial charge in [0.2, 0.25) is 0 Å². The first-order valence-electron chi connectivity index (χ1n) is 5.55. The van der Waals surface area contributed by atoms with E-state index >= 15 is 0 Å². The average molecular weight is 317 g/mol. The van der Waals surface area contributed by atoms with Crippen LogP contribution in [0, 0.1) is 5.82 Å². The molecule has 1 aromatic carbocycles. The molecule has 0 spiro atoms. The predicted octanol–water partition coefficient (Wildman–Crippen LogP) is 2.84. The summed E-state index contributed by atoms with van der Waals surface area (Å²) in [4.78, 5) is 2.66. The number of likely N-dealkylation sites (tertiary alicyclic amines) is 1. The lowest BCUT2D eigenvalue weighted by Gasteiger charge is -2.23. The van der Waals surface area contributed by atoms with Crippen molar-refractivity contribution in [2.24, 2.45) is 5.73 Å². The number of benzene rings is 1. The molecule has 0 amide bonds. The van der Waals surface area contributed by atoms with Gasteiger partial charge in [-0.1, -0.05) is 34.2 Å². The van der Waals surface area contributed by atoms with Crippen molar-refractivity contribution in [1.29, 1.82) is 0 Å². The van der Waals surface area contributed by atoms with Crippen LogP contribution in [0.25, 0.3) is 0 Å². The normalized spacial score (nSPS) is 20.7. The van der Waals surface area contributed by atoms with E-state index in [0.717, 1.165) is 23.9 Å². The summed E-state index contributed by atoms with van der Waals surface area (Å²) in [5.74, 6) is -0.187. The van der Waals surface area contributed by atoms with Crippen molar-refractivity contribution in [1.82, 2.24) is 4.90 Å². The molecular formula is C12H14BrFN2S. The van der Waals surface area contributed by atoms with E-state index in [1.165, 1.54) is 6.07 Å². The lowest BCUT2D eigenvalue weighted by Crippen LogP contribution is -2.38. The fourth-order valence-electron chi connectivity index (χ4n) is 2.21. The Morgan fingerprint density at radius 1 is 1.59 bits per heavy atom. The SMILES string of the molecule is NC(=S)C1CCCN1Cc1ccc(Br)cc1F. The van der Waals surface area contributed by atoms with Crippen LogP contribution in [-0.4, -0.2) is 22.5 Å². The molecule has 2 N–H and O–H groups in total. The Morgan fingerprint density at radius 2 is 2.35 bits per heavy atom. The Hall–Kier alpha value is -0.520. The van der Waals surface area contributed by atoms with Gasteiger partial charge in [0, 0.05) is 16.6 Å². The van der Waals surface area contributed by atoms with Crippen molar-refractivity contribution in [2.45, 2.75) is 25.4 Å². The van der Waals surface area contributed by atoms with Gasteiger partial charge in [0.05, 0.1) is 11.0 Å². The first-order chi connectivity index (χ1) is 8.08. The highest BCUT2D eigenvalue weighted by molar-refractivity contribution is 9.10. The van der Waals surface area contributed by atoms with Gasteiger partial charge in [-0.15, -0.1) is 0 Å². The standard InChI is InChI=1S/C12H14BrFN2S/c13-9-4-3-8(10(14)6-9)7-16-5-1-2-11(16)12(15)17/h3-4,6,11H,1-2,5,7H2,(H2,15,17). The molecule has 2 nitrogen and oxygen atoms in total. The third-order valence-corrected chi connectivity index (χ3v) is 3.85. The van der Waals surface area contributed by atoms with Gasteiger partial charge in [-0.25, -0.2) is 4.39 Å². The predicted molar refractivity (Wildman–Crippen MR) is 74.3 cm³/mol. The molecule has 92 valence electrons. The number of halogens is 2. The van der Waals surface area contributed by atoms with E-state index < -0.39 is 0 Å². The molecule has 0 bridgehead atoms. The number of nitrogens with two attached hydrogens (primary N) is 1. The molecule has 1 atom stereocenters. The minimum absolute atomic E-state index is 0.119. The lowest BCUT2D eigenvalue weighted by molar-refractivity contribution is 0.290. The number of nitrogens with zero attached hydrogens (tertiary/aromatic N) is 1. The summed E-state index contributed by atoms with van der Waals surface area (Å²) >= 11 is 8.29. The van der Waals surface area contributed by atoms with Gasteiger partial charge in [0.15, 0.2) is 0 Å². The monoisotopic (exact) mass is 316 g/mol. The maximum absolute atomic E-state index is 13.7. The van der Waals surface area contributed by atoms with Crippen molar-refractivity contribution in [3.8, 4) is 0 Å². The van der Waals surface area contributed by atoms with E-state index in [4.69, 9.17) is 18.0 Å². The number of thiocarbonyl (C=S) groups is 1. The molecule has 5 heteroatoms. The van der Waals surface area contributed by atoms with E-state index in [1.54, 1.807) is 6.07 Å². The number of hydrogen-bond donors (Lipinski definition) is 1. The first kappa shape index (κ1) is 12.9. The molecule has 1 aromatic rings. The zero-order chi connectivity index (χ0) is 12.4. The molecule has 1 aliphatic heterocycles. The third kappa shape index (κ3) is 3.03. The van der Waals surface area contributed by atoms with E-state index in [-0.39, 0.29) is 11.9 Å². The Bertz CT molecular complexity index is 439. The van der Waals surface area contributed by atoms with Crippen molar-refractivity contribution >= 4 is 33.1 Å². The Balaban J connectivity index is 2.12. The second-order valence-corrected chi connectivity index (χ2v) is 5.65. The van der Waals surface area contributed by atoms with Crippen LogP contribution in [0.4, 0.5) is 4.39 Å². The largest absolute Gasteiger partial charge is 0.392 e. The summed E-state index contributed by atoms with van der Waals surface area (Å²) < 4.78 is 14.5. The molecular weight excluding hydrogens is 303 g/mol. The van der Waals surface area contributed by atoms with Crippen LogP contribution >= 0.6 is 28.1 Å². The molecule has 0 saturated carbocycles. The molecule has 0 aliphatic carbocycles. The summed E-state index contributed by atoms with van der Waals surface area (Å²) in [5.41, 5.74) is 6.38. The summed E-state index contributed by atoms with van der Waals surface area (Å²) in [7, 11) is 0. The van der Waals surface area contributed by atoms with Crippen LogP contribution in [0.1, 0.15) is 18.4 Å². The van der Waals surface area contributed by atoms with E-state index in [1.807, 2.05) is 6.07 Å².